The van der Waals surface area contributed by atoms with Gasteiger partial charge in [0.1, 0.15) is 0 Å². The second-order valence-electron chi connectivity index (χ2n) is 3.95. The predicted octanol–water partition coefficient (Wildman–Crippen LogP) is 4.12. The van der Waals surface area contributed by atoms with Gasteiger partial charge < -0.3 is 5.32 Å². The normalized spacial score (nSPS) is 10.5. The Morgan fingerprint density at radius 1 is 1.06 bits per heavy atom. The van der Waals surface area contributed by atoms with Crippen LogP contribution in [0.1, 0.15) is 12.5 Å². The van der Waals surface area contributed by atoms with Crippen LogP contribution < -0.4 is 5.32 Å². The fourth-order valence-corrected chi connectivity index (χ4v) is 2.02. The van der Waals surface area contributed by atoms with Gasteiger partial charge in [-0.05, 0) is 35.4 Å². The third-order valence-corrected chi connectivity index (χ3v) is 2.96. The van der Waals surface area contributed by atoms with Crippen LogP contribution in [0.15, 0.2) is 48.5 Å². The maximum absolute atomic E-state index is 6.08. The predicted molar refractivity (Wildman–Crippen MR) is 74.3 cm³/mol. The summed E-state index contributed by atoms with van der Waals surface area (Å²) in [4.78, 5) is 0. The van der Waals surface area contributed by atoms with E-state index in [0.29, 0.717) is 0 Å². The van der Waals surface area contributed by atoms with E-state index < -0.39 is 0 Å². The molecule has 2 aromatic carbocycles. The SMILES string of the molecule is CCNCc1ccc(Cl)cc1-c1ccccc1. The van der Waals surface area contributed by atoms with Crippen LogP contribution in [0.4, 0.5) is 0 Å². The van der Waals surface area contributed by atoms with Gasteiger partial charge >= 0.3 is 0 Å². The lowest BCUT2D eigenvalue weighted by Crippen LogP contribution is -2.12. The molecule has 0 atom stereocenters. The van der Waals surface area contributed by atoms with Crippen molar-refractivity contribution in [1.82, 2.24) is 5.32 Å². The third kappa shape index (κ3) is 3.09. The van der Waals surface area contributed by atoms with Gasteiger partial charge in [-0.1, -0.05) is 54.9 Å². The van der Waals surface area contributed by atoms with Crippen molar-refractivity contribution >= 4 is 11.6 Å². The summed E-state index contributed by atoms with van der Waals surface area (Å²) < 4.78 is 0. The Morgan fingerprint density at radius 3 is 2.53 bits per heavy atom. The van der Waals surface area contributed by atoms with Gasteiger partial charge in [0.2, 0.25) is 0 Å². The smallest absolute Gasteiger partial charge is 0.0412 e. The van der Waals surface area contributed by atoms with Crippen LogP contribution in [0.2, 0.25) is 5.02 Å². The van der Waals surface area contributed by atoms with Crippen LogP contribution in [-0.2, 0) is 6.54 Å². The molecule has 0 heterocycles. The molecule has 1 N–H and O–H groups in total. The van der Waals surface area contributed by atoms with Gasteiger partial charge in [-0.25, -0.2) is 0 Å². The Bertz CT molecular complexity index is 480. The minimum absolute atomic E-state index is 0.782. The summed E-state index contributed by atoms with van der Waals surface area (Å²) in [5, 5.41) is 4.13. The molecule has 2 heteroatoms. The largest absolute Gasteiger partial charge is 0.313 e. The fraction of sp³-hybridized carbons (Fsp3) is 0.200. The number of rotatable bonds is 4. The highest BCUT2D eigenvalue weighted by atomic mass is 35.5. The summed E-state index contributed by atoms with van der Waals surface area (Å²) in [6.07, 6.45) is 0. The lowest BCUT2D eigenvalue weighted by atomic mass is 10.00. The summed E-state index contributed by atoms with van der Waals surface area (Å²) in [5.74, 6) is 0. The minimum Gasteiger partial charge on any atom is -0.313 e. The van der Waals surface area contributed by atoms with Crippen molar-refractivity contribution in [2.45, 2.75) is 13.5 Å². The van der Waals surface area contributed by atoms with Crippen LogP contribution in [0.5, 0.6) is 0 Å². The minimum atomic E-state index is 0.782. The van der Waals surface area contributed by atoms with Crippen LogP contribution in [0.3, 0.4) is 0 Å². The van der Waals surface area contributed by atoms with Crippen LogP contribution >= 0.6 is 11.6 Å². The maximum atomic E-state index is 6.08. The summed E-state index contributed by atoms with van der Waals surface area (Å²) >= 11 is 6.08. The molecule has 0 spiro atoms. The Labute approximate surface area is 107 Å². The zero-order valence-electron chi connectivity index (χ0n) is 9.91. The third-order valence-electron chi connectivity index (χ3n) is 2.72. The van der Waals surface area contributed by atoms with Crippen molar-refractivity contribution < 1.29 is 0 Å². The Kier molecular flexibility index (Phi) is 4.18. The summed E-state index contributed by atoms with van der Waals surface area (Å²) in [6, 6.07) is 16.4. The Balaban J connectivity index is 2.40. The van der Waals surface area contributed by atoms with Gasteiger partial charge in [0.15, 0.2) is 0 Å². The lowest BCUT2D eigenvalue weighted by Gasteiger charge is -2.10. The summed E-state index contributed by atoms with van der Waals surface area (Å²) in [7, 11) is 0. The van der Waals surface area contributed by atoms with Gasteiger partial charge in [0.25, 0.3) is 0 Å². The van der Waals surface area contributed by atoms with E-state index in [0.717, 1.165) is 18.1 Å². The van der Waals surface area contributed by atoms with E-state index in [-0.39, 0.29) is 0 Å². The molecule has 1 nitrogen and oxygen atoms in total. The van der Waals surface area contributed by atoms with Crippen molar-refractivity contribution in [3.8, 4) is 11.1 Å². The molecule has 0 aliphatic heterocycles. The van der Waals surface area contributed by atoms with E-state index in [9.17, 15) is 0 Å². The monoisotopic (exact) mass is 245 g/mol. The first-order valence-corrected chi connectivity index (χ1v) is 6.23. The van der Waals surface area contributed by atoms with Crippen LogP contribution in [0.25, 0.3) is 11.1 Å². The van der Waals surface area contributed by atoms with Crippen molar-refractivity contribution in [2.24, 2.45) is 0 Å². The zero-order chi connectivity index (χ0) is 12.1. The van der Waals surface area contributed by atoms with Gasteiger partial charge in [-0.15, -0.1) is 0 Å². The first kappa shape index (κ1) is 12.2. The van der Waals surface area contributed by atoms with E-state index in [1.54, 1.807) is 0 Å². The number of benzene rings is 2. The molecular weight excluding hydrogens is 230 g/mol. The molecule has 0 amide bonds. The van der Waals surface area contributed by atoms with Gasteiger partial charge in [0.05, 0.1) is 0 Å². The second kappa shape index (κ2) is 5.85. The highest BCUT2D eigenvalue weighted by molar-refractivity contribution is 6.30. The number of hydrogen-bond donors (Lipinski definition) is 1. The summed E-state index contributed by atoms with van der Waals surface area (Å²) in [6.45, 7) is 3.95. The first-order chi connectivity index (χ1) is 8.31. The van der Waals surface area contributed by atoms with Crippen LogP contribution in [0, 0.1) is 0 Å². The molecule has 0 bridgehead atoms. The van der Waals surface area contributed by atoms with Crippen molar-refractivity contribution in [1.29, 1.82) is 0 Å². The molecule has 0 unspecified atom stereocenters. The first-order valence-electron chi connectivity index (χ1n) is 5.86. The summed E-state index contributed by atoms with van der Waals surface area (Å²) in [5.41, 5.74) is 3.70. The standard InChI is InChI=1S/C15H16ClN/c1-2-17-11-13-8-9-14(16)10-15(13)12-6-4-3-5-7-12/h3-10,17H,2,11H2,1H3. The maximum Gasteiger partial charge on any atom is 0.0412 e. The Morgan fingerprint density at radius 2 is 1.82 bits per heavy atom. The van der Waals surface area contributed by atoms with Crippen molar-refractivity contribution in [2.75, 3.05) is 6.54 Å². The van der Waals surface area contributed by atoms with Gasteiger partial charge in [-0.3, -0.25) is 0 Å². The molecule has 0 saturated carbocycles. The van der Waals surface area contributed by atoms with E-state index >= 15 is 0 Å². The molecular formula is C15H16ClN. The number of hydrogen-bond acceptors (Lipinski definition) is 1. The van der Waals surface area contributed by atoms with E-state index in [2.05, 4.69) is 30.4 Å². The molecule has 0 fully saturated rings. The molecule has 0 aromatic heterocycles. The van der Waals surface area contributed by atoms with Gasteiger partial charge in [0, 0.05) is 11.6 Å². The molecule has 0 aliphatic carbocycles. The quantitative estimate of drug-likeness (QED) is 0.855. The van der Waals surface area contributed by atoms with Crippen molar-refractivity contribution in [3.05, 3.63) is 59.1 Å². The topological polar surface area (TPSA) is 12.0 Å². The fourth-order valence-electron chi connectivity index (χ4n) is 1.85. The zero-order valence-corrected chi connectivity index (χ0v) is 10.7. The lowest BCUT2D eigenvalue weighted by molar-refractivity contribution is 0.728. The van der Waals surface area contributed by atoms with E-state index in [1.165, 1.54) is 16.7 Å². The van der Waals surface area contributed by atoms with Crippen LogP contribution in [-0.4, -0.2) is 6.54 Å². The van der Waals surface area contributed by atoms with Crippen molar-refractivity contribution in [3.63, 3.8) is 0 Å². The number of halogens is 1. The van der Waals surface area contributed by atoms with E-state index in [1.807, 2.05) is 30.3 Å². The molecule has 88 valence electrons. The number of nitrogens with one attached hydrogen (secondary N) is 1. The highest BCUT2D eigenvalue weighted by Gasteiger charge is 2.05. The molecule has 0 aliphatic rings. The molecule has 0 saturated heterocycles. The Hall–Kier alpha value is -1.31. The molecule has 2 rings (SSSR count). The average Bonchev–Trinajstić information content (AvgIpc) is 2.38. The molecule has 17 heavy (non-hydrogen) atoms. The highest BCUT2D eigenvalue weighted by Crippen LogP contribution is 2.26. The molecule has 0 radical (unpaired) electrons. The average molecular weight is 246 g/mol. The second-order valence-corrected chi connectivity index (χ2v) is 4.38. The molecule has 2 aromatic rings. The van der Waals surface area contributed by atoms with E-state index in [4.69, 9.17) is 11.6 Å². The van der Waals surface area contributed by atoms with Gasteiger partial charge in [-0.2, -0.15) is 0 Å².